The first kappa shape index (κ1) is 29.1. The lowest BCUT2D eigenvalue weighted by molar-refractivity contribution is -0.143. The van der Waals surface area contributed by atoms with E-state index in [2.05, 4.69) is 32.2 Å². The molecule has 0 unspecified atom stereocenters. The number of esters is 1. The number of allylic oxidation sites excluding steroid dienone is 11. The fourth-order valence-corrected chi connectivity index (χ4v) is 6.92. The molecule has 8 heteroatoms. The number of aliphatic hydroxyl groups is 2. The summed E-state index contributed by atoms with van der Waals surface area (Å²) in [5, 5.41) is 25.3. The van der Waals surface area contributed by atoms with Gasteiger partial charge in [-0.05, 0) is 80.6 Å². The fraction of sp³-hybridized carbons (Fsp3) is 0.429. The van der Waals surface area contributed by atoms with Gasteiger partial charge in [0.2, 0.25) is 0 Å². The van der Waals surface area contributed by atoms with Crippen molar-refractivity contribution in [2.75, 3.05) is 13.2 Å². The highest BCUT2D eigenvalue weighted by atomic mass is 16.5. The molecule has 0 aromatic heterocycles. The van der Waals surface area contributed by atoms with Crippen molar-refractivity contribution >= 4 is 23.1 Å². The normalized spacial score (nSPS) is 24.4. The van der Waals surface area contributed by atoms with E-state index in [-0.39, 0.29) is 24.4 Å². The fourth-order valence-electron chi connectivity index (χ4n) is 6.92. The van der Waals surface area contributed by atoms with Gasteiger partial charge in [-0.1, -0.05) is 20.8 Å². The maximum absolute atomic E-state index is 12.5. The van der Waals surface area contributed by atoms with E-state index in [0.717, 1.165) is 97.5 Å². The number of carbonyl (C=O) groups excluding carboxylic acids is 1. The zero-order valence-electron chi connectivity index (χ0n) is 25.9. The Hall–Kier alpha value is -4.04. The molecule has 6 aliphatic rings. The Balaban J connectivity index is 1.54. The van der Waals surface area contributed by atoms with Crippen LogP contribution in [-0.4, -0.2) is 46.5 Å². The van der Waals surface area contributed by atoms with Crippen LogP contribution in [0.4, 0.5) is 0 Å². The van der Waals surface area contributed by atoms with Gasteiger partial charge >= 0.3 is 5.97 Å². The smallest absolute Gasteiger partial charge is 0.305 e. The molecule has 6 rings (SSSR count). The lowest BCUT2D eigenvalue weighted by atomic mass is 9.86. The predicted molar refractivity (Wildman–Crippen MR) is 170 cm³/mol. The molecule has 0 saturated carbocycles. The van der Waals surface area contributed by atoms with Gasteiger partial charge in [0.15, 0.2) is 0 Å². The van der Waals surface area contributed by atoms with Gasteiger partial charge in [0.05, 0.1) is 47.4 Å². The Labute approximate surface area is 253 Å². The summed E-state index contributed by atoms with van der Waals surface area (Å²) in [6.07, 6.45) is 8.96. The van der Waals surface area contributed by atoms with E-state index >= 15 is 0 Å². The number of fused-ring (bicyclic) bond motifs is 5. The van der Waals surface area contributed by atoms with Gasteiger partial charge in [-0.2, -0.15) is 0 Å². The summed E-state index contributed by atoms with van der Waals surface area (Å²) in [7, 11) is 0. The van der Waals surface area contributed by atoms with Crippen molar-refractivity contribution in [1.29, 1.82) is 0 Å². The summed E-state index contributed by atoms with van der Waals surface area (Å²) in [5.41, 5.74) is 13.4. The molecule has 5 heterocycles. The van der Waals surface area contributed by atoms with Crippen molar-refractivity contribution < 1.29 is 19.7 Å². The van der Waals surface area contributed by atoms with Gasteiger partial charge in [0.1, 0.15) is 5.76 Å². The highest BCUT2D eigenvalue weighted by Crippen LogP contribution is 2.46. The molecule has 0 aromatic rings. The van der Waals surface area contributed by atoms with E-state index in [1.165, 1.54) is 0 Å². The van der Waals surface area contributed by atoms with E-state index in [0.29, 0.717) is 31.6 Å². The minimum absolute atomic E-state index is 0.00105. The van der Waals surface area contributed by atoms with Crippen LogP contribution in [0.3, 0.4) is 0 Å². The minimum atomic E-state index is -0.195. The largest absolute Gasteiger partial charge is 0.511 e. The maximum atomic E-state index is 12.5. The number of rotatable bonds is 7. The summed E-state index contributed by atoms with van der Waals surface area (Å²) in [4.78, 5) is 27.6. The molecule has 0 amide bonds. The first-order chi connectivity index (χ1) is 20.7. The van der Waals surface area contributed by atoms with E-state index in [1.807, 2.05) is 32.9 Å². The van der Waals surface area contributed by atoms with E-state index in [1.54, 1.807) is 0 Å². The lowest BCUT2D eigenvalue weighted by Crippen LogP contribution is -2.16. The molecule has 1 fully saturated rings. The molecule has 0 spiro atoms. The van der Waals surface area contributed by atoms with Crippen LogP contribution >= 0.6 is 0 Å². The Morgan fingerprint density at radius 2 is 1.70 bits per heavy atom. The van der Waals surface area contributed by atoms with Gasteiger partial charge < -0.3 is 20.3 Å². The number of carbonyl (C=O) groups is 1. The summed E-state index contributed by atoms with van der Waals surface area (Å²) >= 11 is 0. The van der Waals surface area contributed by atoms with Crippen molar-refractivity contribution in [2.45, 2.75) is 73.6 Å². The molecular weight excluding hydrogens is 540 g/mol. The number of nitrogens with zero attached hydrogens (tertiary/aromatic N) is 3. The first-order valence-corrected chi connectivity index (χ1v) is 15.4. The third kappa shape index (κ3) is 4.82. The summed E-state index contributed by atoms with van der Waals surface area (Å²) in [6.45, 7) is 12.7. The SMILES string of the molecule is CCCOC(=O)CC[C@@H]1C2=C3CC(O)=C4C3=NC(=C4C)C=C3N=C(C=C4N=C(C=C(N2)[C@H]1C)C(C)=C4CO)C(C)=C3CC. The predicted octanol–water partition coefficient (Wildman–Crippen LogP) is 6.38. The number of nitrogens with one attached hydrogen (secondary N) is 1. The number of hydrogen-bond acceptors (Lipinski definition) is 8. The Morgan fingerprint density at radius 3 is 2.40 bits per heavy atom. The van der Waals surface area contributed by atoms with Crippen LogP contribution in [0.1, 0.15) is 73.6 Å². The number of aliphatic imine (C=N–C) groups is 3. The zero-order valence-corrected chi connectivity index (χ0v) is 25.9. The van der Waals surface area contributed by atoms with Crippen LogP contribution in [0.5, 0.6) is 0 Å². The van der Waals surface area contributed by atoms with Crippen LogP contribution in [-0.2, 0) is 9.53 Å². The molecule has 43 heavy (non-hydrogen) atoms. The second kappa shape index (κ2) is 11.2. The van der Waals surface area contributed by atoms with Crippen molar-refractivity contribution in [1.82, 2.24) is 5.32 Å². The number of hydrogen-bond donors (Lipinski definition) is 3. The van der Waals surface area contributed by atoms with Crippen LogP contribution in [0, 0.1) is 11.8 Å². The highest BCUT2D eigenvalue weighted by molar-refractivity contribution is 6.21. The second-order valence-corrected chi connectivity index (χ2v) is 12.0. The number of ether oxygens (including phenoxy) is 1. The van der Waals surface area contributed by atoms with Crippen molar-refractivity contribution in [3.63, 3.8) is 0 Å². The molecule has 8 bridgehead atoms. The van der Waals surface area contributed by atoms with Crippen LogP contribution in [0.15, 0.2) is 106 Å². The number of aliphatic hydroxyl groups excluding tert-OH is 2. The molecule has 0 aromatic carbocycles. The van der Waals surface area contributed by atoms with E-state index in [9.17, 15) is 15.0 Å². The molecule has 8 nitrogen and oxygen atoms in total. The van der Waals surface area contributed by atoms with E-state index < -0.39 is 0 Å². The van der Waals surface area contributed by atoms with Gasteiger partial charge in [-0.3, -0.25) is 4.79 Å². The Kier molecular flexibility index (Phi) is 7.59. The third-order valence-corrected chi connectivity index (χ3v) is 9.47. The minimum Gasteiger partial charge on any atom is -0.511 e. The van der Waals surface area contributed by atoms with Gasteiger partial charge in [0.25, 0.3) is 0 Å². The average Bonchev–Trinajstić information content (AvgIpc) is 3.73. The van der Waals surface area contributed by atoms with Crippen LogP contribution in [0.25, 0.3) is 0 Å². The van der Waals surface area contributed by atoms with E-state index in [4.69, 9.17) is 19.7 Å². The highest BCUT2D eigenvalue weighted by Gasteiger charge is 2.41. The Bertz CT molecular complexity index is 1680. The Morgan fingerprint density at radius 1 is 1.00 bits per heavy atom. The molecule has 5 aliphatic heterocycles. The topological polar surface area (TPSA) is 116 Å². The molecule has 224 valence electrons. The third-order valence-electron chi connectivity index (χ3n) is 9.47. The van der Waals surface area contributed by atoms with Gasteiger partial charge in [0, 0.05) is 52.8 Å². The van der Waals surface area contributed by atoms with Crippen molar-refractivity contribution in [3.05, 3.63) is 91.5 Å². The first-order valence-electron chi connectivity index (χ1n) is 15.4. The molecule has 1 saturated heterocycles. The van der Waals surface area contributed by atoms with Gasteiger partial charge in [-0.25, -0.2) is 15.0 Å². The van der Waals surface area contributed by atoms with Gasteiger partial charge in [-0.15, -0.1) is 0 Å². The molecule has 0 radical (unpaired) electrons. The lowest BCUT2D eigenvalue weighted by Gasteiger charge is -2.17. The van der Waals surface area contributed by atoms with Crippen LogP contribution in [0.2, 0.25) is 0 Å². The molecule has 3 N–H and O–H groups in total. The molecule has 2 atom stereocenters. The standard InChI is InChI=1S/C35H40N4O4/c1-7-11-43-32(42)10-9-22-18(4)27-13-25-19(5)24(16-40)30(37-25)14-26-17(3)21(8-2)29(36-26)15-28-20(6)33-31(41)12-23(34(22)38-27)35(33)39-28/h13-15,18,22,38,40-41H,7-12,16H2,1-6H3/t18-,22-/m0/s1. The average molecular weight is 581 g/mol. The monoisotopic (exact) mass is 580 g/mol. The summed E-state index contributed by atoms with van der Waals surface area (Å²) < 4.78 is 5.40. The van der Waals surface area contributed by atoms with Crippen LogP contribution < -0.4 is 5.32 Å². The zero-order chi connectivity index (χ0) is 30.6. The quantitative estimate of drug-likeness (QED) is 0.302. The van der Waals surface area contributed by atoms with Crippen molar-refractivity contribution in [3.8, 4) is 0 Å². The molecule has 1 aliphatic carbocycles. The summed E-state index contributed by atoms with van der Waals surface area (Å²) in [5.74, 6) is 0.180. The van der Waals surface area contributed by atoms with Crippen molar-refractivity contribution in [2.24, 2.45) is 26.8 Å². The molecular formula is C35H40N4O4. The maximum Gasteiger partial charge on any atom is 0.305 e. The second-order valence-electron chi connectivity index (χ2n) is 12.0. The summed E-state index contributed by atoms with van der Waals surface area (Å²) in [6, 6.07) is 0.